The molecule has 0 aromatic heterocycles. The van der Waals surface area contributed by atoms with E-state index in [1.807, 2.05) is 0 Å². The summed E-state index contributed by atoms with van der Waals surface area (Å²) in [5.74, 6) is 1.39. The Bertz CT molecular complexity index is 458. The van der Waals surface area contributed by atoms with Crippen molar-refractivity contribution in [2.24, 2.45) is 5.92 Å². The lowest BCUT2D eigenvalue weighted by atomic mass is 10.1. The van der Waals surface area contributed by atoms with E-state index < -0.39 is 6.10 Å². The fourth-order valence-corrected chi connectivity index (χ4v) is 1.76. The van der Waals surface area contributed by atoms with Gasteiger partial charge in [0, 0.05) is 6.54 Å². The summed E-state index contributed by atoms with van der Waals surface area (Å²) in [4.78, 5) is 11.7. The number of nitrogens with one attached hydrogen (secondary N) is 1. The fourth-order valence-electron chi connectivity index (χ4n) is 1.76. The van der Waals surface area contributed by atoms with Gasteiger partial charge in [0.2, 0.25) is 0 Å². The molecule has 1 aromatic carbocycles. The molecule has 0 saturated carbocycles. The van der Waals surface area contributed by atoms with Crippen molar-refractivity contribution < 1.29 is 19.4 Å². The average Bonchev–Trinajstić information content (AvgIpc) is 2.44. The van der Waals surface area contributed by atoms with E-state index >= 15 is 0 Å². The van der Waals surface area contributed by atoms with E-state index in [0.717, 1.165) is 12.0 Å². The lowest BCUT2D eigenvalue weighted by Gasteiger charge is -2.13. The van der Waals surface area contributed by atoms with Crippen molar-refractivity contribution in [3.8, 4) is 11.5 Å². The largest absolute Gasteiger partial charge is 0.493 e. The molecular weight excluding hydrogens is 270 g/mol. The molecule has 0 aliphatic heterocycles. The smallest absolute Gasteiger partial charge is 0.257 e. The van der Waals surface area contributed by atoms with Gasteiger partial charge in [-0.1, -0.05) is 19.9 Å². The van der Waals surface area contributed by atoms with Gasteiger partial charge < -0.3 is 19.9 Å². The number of carbonyl (C=O) groups excluding carboxylic acids is 1. The Morgan fingerprint density at radius 3 is 2.57 bits per heavy atom. The summed E-state index contributed by atoms with van der Waals surface area (Å²) >= 11 is 0. The topological polar surface area (TPSA) is 67.8 Å². The number of ether oxygens (including phenoxy) is 2. The minimum Gasteiger partial charge on any atom is -0.493 e. The number of methoxy groups -OCH3 is 1. The molecule has 0 radical (unpaired) electrons. The zero-order valence-electron chi connectivity index (χ0n) is 13.2. The molecule has 118 valence electrons. The fraction of sp³-hybridized carbons (Fsp3) is 0.562. The maximum Gasteiger partial charge on any atom is 0.257 e. The van der Waals surface area contributed by atoms with Gasteiger partial charge >= 0.3 is 0 Å². The summed E-state index contributed by atoms with van der Waals surface area (Å²) < 4.78 is 10.7. The Balaban J connectivity index is 2.53. The van der Waals surface area contributed by atoms with E-state index in [0.29, 0.717) is 24.0 Å². The Kier molecular flexibility index (Phi) is 7.02. The highest BCUT2D eigenvalue weighted by atomic mass is 16.5. The van der Waals surface area contributed by atoms with E-state index in [-0.39, 0.29) is 12.5 Å². The van der Waals surface area contributed by atoms with Crippen LogP contribution in [0.2, 0.25) is 0 Å². The Morgan fingerprint density at radius 2 is 2.00 bits per heavy atom. The summed E-state index contributed by atoms with van der Waals surface area (Å²) in [5, 5.41) is 12.3. The molecule has 0 aliphatic carbocycles. The maximum absolute atomic E-state index is 11.7. The van der Waals surface area contributed by atoms with E-state index in [9.17, 15) is 9.90 Å². The van der Waals surface area contributed by atoms with Crippen LogP contribution in [0.3, 0.4) is 0 Å². The summed E-state index contributed by atoms with van der Waals surface area (Å²) in [6.07, 6.45) is 0.366. The maximum atomic E-state index is 11.7. The van der Waals surface area contributed by atoms with Crippen molar-refractivity contribution in [3.05, 3.63) is 23.8 Å². The van der Waals surface area contributed by atoms with Crippen LogP contribution in [-0.4, -0.2) is 31.3 Å². The van der Waals surface area contributed by atoms with Crippen LogP contribution in [0.5, 0.6) is 11.5 Å². The van der Waals surface area contributed by atoms with E-state index in [2.05, 4.69) is 19.2 Å². The first-order chi connectivity index (χ1) is 9.93. The number of benzene rings is 1. The third-order valence-corrected chi connectivity index (χ3v) is 3.07. The van der Waals surface area contributed by atoms with Crippen LogP contribution in [0.25, 0.3) is 0 Å². The summed E-state index contributed by atoms with van der Waals surface area (Å²) in [7, 11) is 1.52. The number of carbonyl (C=O) groups is 1. The summed E-state index contributed by atoms with van der Waals surface area (Å²) in [5.41, 5.74) is 0.737. The van der Waals surface area contributed by atoms with Gasteiger partial charge in [-0.3, -0.25) is 4.79 Å². The van der Waals surface area contributed by atoms with Crippen molar-refractivity contribution in [1.29, 1.82) is 0 Å². The highest BCUT2D eigenvalue weighted by Gasteiger charge is 2.10. The van der Waals surface area contributed by atoms with Crippen molar-refractivity contribution in [2.75, 3.05) is 20.3 Å². The monoisotopic (exact) mass is 295 g/mol. The summed E-state index contributed by atoms with van der Waals surface area (Å²) in [6.45, 7) is 6.49. The van der Waals surface area contributed by atoms with Crippen LogP contribution in [0.4, 0.5) is 0 Å². The van der Waals surface area contributed by atoms with E-state index in [1.165, 1.54) is 7.11 Å². The Hall–Kier alpha value is -1.75. The van der Waals surface area contributed by atoms with Gasteiger partial charge in [-0.25, -0.2) is 0 Å². The molecule has 0 aliphatic rings. The van der Waals surface area contributed by atoms with Crippen LogP contribution in [0.1, 0.15) is 38.9 Å². The zero-order chi connectivity index (χ0) is 15.8. The molecule has 1 aromatic rings. The molecule has 1 amide bonds. The standard InChI is InChI=1S/C16H25NO4/c1-11(2)7-8-17-16(19)10-21-14-6-5-13(12(3)18)9-15(14)20-4/h5-6,9,11-12,18H,7-8,10H2,1-4H3,(H,17,19)/t12-/m0/s1. The highest BCUT2D eigenvalue weighted by molar-refractivity contribution is 5.77. The van der Waals surface area contributed by atoms with Gasteiger partial charge in [0.25, 0.3) is 5.91 Å². The average molecular weight is 295 g/mol. The quantitative estimate of drug-likeness (QED) is 0.772. The number of hydrogen-bond acceptors (Lipinski definition) is 4. The van der Waals surface area contributed by atoms with Gasteiger partial charge in [0.1, 0.15) is 0 Å². The summed E-state index contributed by atoms with van der Waals surface area (Å²) in [6, 6.07) is 5.15. The first-order valence-electron chi connectivity index (χ1n) is 7.19. The van der Waals surface area contributed by atoms with Crippen LogP contribution in [0.15, 0.2) is 18.2 Å². The van der Waals surface area contributed by atoms with Crippen LogP contribution >= 0.6 is 0 Å². The molecule has 0 saturated heterocycles. The number of amides is 1. The van der Waals surface area contributed by atoms with Crippen LogP contribution in [-0.2, 0) is 4.79 Å². The SMILES string of the molecule is COc1cc([C@H](C)O)ccc1OCC(=O)NCCC(C)C. The molecule has 0 spiro atoms. The van der Waals surface area contributed by atoms with E-state index in [1.54, 1.807) is 25.1 Å². The molecule has 0 heterocycles. The van der Waals surface area contributed by atoms with Gasteiger partial charge in [-0.2, -0.15) is 0 Å². The molecule has 0 bridgehead atoms. The molecule has 2 N–H and O–H groups in total. The number of hydrogen-bond donors (Lipinski definition) is 2. The molecule has 21 heavy (non-hydrogen) atoms. The van der Waals surface area contributed by atoms with E-state index in [4.69, 9.17) is 9.47 Å². The third kappa shape index (κ3) is 6.04. The second kappa shape index (κ2) is 8.52. The van der Waals surface area contributed by atoms with Crippen molar-refractivity contribution in [2.45, 2.75) is 33.3 Å². The predicted octanol–water partition coefficient (Wildman–Crippen LogP) is 2.29. The molecule has 5 heteroatoms. The van der Waals surface area contributed by atoms with Gasteiger partial charge in [0.15, 0.2) is 18.1 Å². The second-order valence-corrected chi connectivity index (χ2v) is 5.41. The highest BCUT2D eigenvalue weighted by Crippen LogP contribution is 2.30. The third-order valence-electron chi connectivity index (χ3n) is 3.07. The first-order valence-corrected chi connectivity index (χ1v) is 7.19. The van der Waals surface area contributed by atoms with Crippen LogP contribution in [0, 0.1) is 5.92 Å². The van der Waals surface area contributed by atoms with Gasteiger partial charge in [-0.05, 0) is 37.0 Å². The van der Waals surface area contributed by atoms with Crippen molar-refractivity contribution in [3.63, 3.8) is 0 Å². The van der Waals surface area contributed by atoms with Gasteiger partial charge in [0.05, 0.1) is 13.2 Å². The lowest BCUT2D eigenvalue weighted by Crippen LogP contribution is -2.30. The molecule has 0 fully saturated rings. The molecule has 0 unspecified atom stereocenters. The molecule has 1 rings (SSSR count). The molecule has 1 atom stereocenters. The lowest BCUT2D eigenvalue weighted by molar-refractivity contribution is -0.123. The number of aliphatic hydroxyl groups excluding tert-OH is 1. The zero-order valence-corrected chi connectivity index (χ0v) is 13.2. The minimum absolute atomic E-state index is 0.0531. The van der Waals surface area contributed by atoms with Crippen molar-refractivity contribution >= 4 is 5.91 Å². The molecule has 5 nitrogen and oxygen atoms in total. The normalized spacial score (nSPS) is 12.1. The minimum atomic E-state index is -0.577. The first kappa shape index (κ1) is 17.3. The van der Waals surface area contributed by atoms with Crippen molar-refractivity contribution in [1.82, 2.24) is 5.32 Å². The molecular formula is C16H25NO4. The number of rotatable bonds is 8. The number of aliphatic hydroxyl groups is 1. The predicted molar refractivity (Wildman–Crippen MR) is 81.6 cm³/mol. The Labute approximate surface area is 126 Å². The van der Waals surface area contributed by atoms with Gasteiger partial charge in [-0.15, -0.1) is 0 Å². The van der Waals surface area contributed by atoms with Crippen LogP contribution < -0.4 is 14.8 Å². The second-order valence-electron chi connectivity index (χ2n) is 5.41. The Morgan fingerprint density at radius 1 is 1.29 bits per heavy atom.